The van der Waals surface area contributed by atoms with E-state index < -0.39 is 0 Å². The maximum atomic E-state index is 4.77. The van der Waals surface area contributed by atoms with Crippen molar-refractivity contribution in [2.24, 2.45) is 0 Å². The molecule has 1 aliphatic rings. The summed E-state index contributed by atoms with van der Waals surface area (Å²) in [6.07, 6.45) is 3.76. The van der Waals surface area contributed by atoms with E-state index in [1.807, 2.05) is 16.9 Å². The molecule has 0 spiro atoms. The van der Waals surface area contributed by atoms with Gasteiger partial charge in [-0.05, 0) is 31.5 Å². The van der Waals surface area contributed by atoms with E-state index >= 15 is 0 Å². The molecular formula is C18H21N5. The van der Waals surface area contributed by atoms with Gasteiger partial charge in [0.2, 0.25) is 0 Å². The Balaban J connectivity index is 1.83. The van der Waals surface area contributed by atoms with E-state index in [1.165, 1.54) is 16.7 Å². The van der Waals surface area contributed by atoms with Crippen molar-refractivity contribution in [1.29, 1.82) is 0 Å². The average molecular weight is 307 g/mol. The second kappa shape index (κ2) is 5.66. The number of nitrogens with one attached hydrogen (secondary N) is 1. The summed E-state index contributed by atoms with van der Waals surface area (Å²) in [6, 6.07) is 8.66. The lowest BCUT2D eigenvalue weighted by molar-refractivity contribution is 0.585. The highest BCUT2D eigenvalue weighted by Crippen LogP contribution is 2.27. The Morgan fingerprint density at radius 3 is 2.74 bits per heavy atom. The molecule has 0 amide bonds. The molecule has 1 saturated heterocycles. The Morgan fingerprint density at radius 2 is 1.91 bits per heavy atom. The van der Waals surface area contributed by atoms with Gasteiger partial charge in [-0.1, -0.05) is 17.7 Å². The molecule has 0 radical (unpaired) electrons. The second-order valence-corrected chi connectivity index (χ2v) is 6.17. The van der Waals surface area contributed by atoms with Crippen LogP contribution in [0.15, 0.2) is 36.7 Å². The van der Waals surface area contributed by atoms with E-state index in [2.05, 4.69) is 53.3 Å². The van der Waals surface area contributed by atoms with E-state index in [0.29, 0.717) is 0 Å². The Hall–Kier alpha value is -2.40. The van der Waals surface area contributed by atoms with E-state index in [0.717, 1.165) is 43.2 Å². The Labute approximate surface area is 136 Å². The van der Waals surface area contributed by atoms with Gasteiger partial charge in [0.25, 0.3) is 0 Å². The van der Waals surface area contributed by atoms with Crippen LogP contribution in [0, 0.1) is 13.8 Å². The zero-order chi connectivity index (χ0) is 15.8. The maximum absolute atomic E-state index is 4.77. The van der Waals surface area contributed by atoms with E-state index in [1.54, 1.807) is 0 Å². The molecular weight excluding hydrogens is 286 g/mol. The van der Waals surface area contributed by atoms with Gasteiger partial charge in [0, 0.05) is 44.1 Å². The highest BCUT2D eigenvalue weighted by Gasteiger charge is 2.17. The molecule has 5 heteroatoms. The number of nitrogens with zero attached hydrogens (tertiary/aromatic N) is 4. The third-order valence-corrected chi connectivity index (χ3v) is 4.46. The molecule has 118 valence electrons. The molecule has 1 N–H and O–H groups in total. The fourth-order valence-corrected chi connectivity index (χ4v) is 3.17. The van der Waals surface area contributed by atoms with Crippen molar-refractivity contribution < 1.29 is 0 Å². The van der Waals surface area contributed by atoms with Crippen LogP contribution in [0.1, 0.15) is 11.1 Å². The second-order valence-electron chi connectivity index (χ2n) is 6.17. The van der Waals surface area contributed by atoms with Crippen molar-refractivity contribution in [1.82, 2.24) is 19.9 Å². The van der Waals surface area contributed by atoms with Crippen molar-refractivity contribution in [2.45, 2.75) is 13.8 Å². The summed E-state index contributed by atoms with van der Waals surface area (Å²) in [4.78, 5) is 6.95. The first-order valence-corrected chi connectivity index (χ1v) is 8.10. The fourth-order valence-electron chi connectivity index (χ4n) is 3.17. The van der Waals surface area contributed by atoms with Crippen molar-refractivity contribution in [2.75, 3.05) is 31.1 Å². The molecule has 0 atom stereocenters. The van der Waals surface area contributed by atoms with Crippen LogP contribution in [0.2, 0.25) is 0 Å². The number of aryl methyl sites for hydroxylation is 2. The van der Waals surface area contributed by atoms with Gasteiger partial charge in [0.1, 0.15) is 5.52 Å². The quantitative estimate of drug-likeness (QED) is 0.790. The van der Waals surface area contributed by atoms with E-state index in [4.69, 9.17) is 5.10 Å². The molecule has 1 aromatic carbocycles. The van der Waals surface area contributed by atoms with Crippen LogP contribution < -0.4 is 10.2 Å². The van der Waals surface area contributed by atoms with Gasteiger partial charge in [-0.2, -0.15) is 5.10 Å². The molecule has 3 aromatic rings. The minimum Gasteiger partial charge on any atom is -0.352 e. The summed E-state index contributed by atoms with van der Waals surface area (Å²) >= 11 is 0. The van der Waals surface area contributed by atoms with Gasteiger partial charge in [-0.15, -0.1) is 0 Å². The van der Waals surface area contributed by atoms with Crippen LogP contribution in [0.4, 0.5) is 5.82 Å². The minimum atomic E-state index is 0.983. The van der Waals surface area contributed by atoms with Gasteiger partial charge in [0.15, 0.2) is 5.82 Å². The molecule has 0 saturated carbocycles. The Bertz CT molecular complexity index is 846. The Kier molecular flexibility index (Phi) is 3.50. The van der Waals surface area contributed by atoms with Crippen LogP contribution in [0.5, 0.6) is 0 Å². The first-order chi connectivity index (χ1) is 11.2. The standard InChI is InChI=1S/C18H21N5/c1-13-3-4-14(2)15(11-13)16-12-17-18(20-7-10-23(17)21-16)22-8-5-19-6-9-22/h3-4,7,10-12,19H,5-6,8-9H2,1-2H3. The lowest BCUT2D eigenvalue weighted by Gasteiger charge is -2.28. The van der Waals surface area contributed by atoms with Crippen molar-refractivity contribution in [3.63, 3.8) is 0 Å². The lowest BCUT2D eigenvalue weighted by Crippen LogP contribution is -2.44. The number of hydrogen-bond donors (Lipinski definition) is 1. The number of rotatable bonds is 2. The maximum Gasteiger partial charge on any atom is 0.154 e. The molecule has 3 heterocycles. The molecule has 4 rings (SSSR count). The van der Waals surface area contributed by atoms with E-state index in [-0.39, 0.29) is 0 Å². The normalized spacial score (nSPS) is 15.3. The largest absolute Gasteiger partial charge is 0.352 e. The monoisotopic (exact) mass is 307 g/mol. The number of anilines is 1. The first-order valence-electron chi connectivity index (χ1n) is 8.10. The van der Waals surface area contributed by atoms with Crippen LogP contribution in [-0.2, 0) is 0 Å². The van der Waals surface area contributed by atoms with Gasteiger partial charge in [-0.25, -0.2) is 9.50 Å². The minimum absolute atomic E-state index is 0.983. The summed E-state index contributed by atoms with van der Waals surface area (Å²) in [6.45, 7) is 8.22. The summed E-state index contributed by atoms with van der Waals surface area (Å²) in [5.74, 6) is 1.03. The fraction of sp³-hybridized carbons (Fsp3) is 0.333. The molecule has 2 aromatic heterocycles. The summed E-state index contributed by atoms with van der Waals surface area (Å²) in [5.41, 5.74) is 5.78. The van der Waals surface area contributed by atoms with Crippen LogP contribution in [0.25, 0.3) is 16.8 Å². The summed E-state index contributed by atoms with van der Waals surface area (Å²) in [7, 11) is 0. The van der Waals surface area contributed by atoms with Crippen LogP contribution in [-0.4, -0.2) is 40.8 Å². The van der Waals surface area contributed by atoms with Gasteiger partial charge >= 0.3 is 0 Å². The molecule has 0 aliphatic carbocycles. The predicted molar refractivity (Wildman–Crippen MR) is 93.0 cm³/mol. The highest BCUT2D eigenvalue weighted by molar-refractivity contribution is 5.76. The number of hydrogen-bond acceptors (Lipinski definition) is 4. The predicted octanol–water partition coefficient (Wildman–Crippen LogP) is 2.42. The van der Waals surface area contributed by atoms with Crippen molar-refractivity contribution in [3.05, 3.63) is 47.8 Å². The number of fused-ring (bicyclic) bond motifs is 1. The first kappa shape index (κ1) is 14.2. The van der Waals surface area contributed by atoms with E-state index in [9.17, 15) is 0 Å². The van der Waals surface area contributed by atoms with Crippen LogP contribution in [0.3, 0.4) is 0 Å². The number of benzene rings is 1. The van der Waals surface area contributed by atoms with Gasteiger partial charge in [-0.3, -0.25) is 0 Å². The summed E-state index contributed by atoms with van der Waals surface area (Å²) in [5, 5.41) is 8.16. The third kappa shape index (κ3) is 2.57. The molecule has 1 fully saturated rings. The SMILES string of the molecule is Cc1ccc(C)c(-c2cc3c(N4CCNCC4)nccn3n2)c1. The highest BCUT2D eigenvalue weighted by atomic mass is 15.3. The molecule has 0 bridgehead atoms. The zero-order valence-corrected chi connectivity index (χ0v) is 13.6. The third-order valence-electron chi connectivity index (χ3n) is 4.46. The number of aromatic nitrogens is 3. The number of piperazine rings is 1. The van der Waals surface area contributed by atoms with Crippen LogP contribution >= 0.6 is 0 Å². The van der Waals surface area contributed by atoms with Crippen molar-refractivity contribution in [3.8, 4) is 11.3 Å². The topological polar surface area (TPSA) is 45.5 Å². The lowest BCUT2D eigenvalue weighted by atomic mass is 10.0. The van der Waals surface area contributed by atoms with Gasteiger partial charge < -0.3 is 10.2 Å². The van der Waals surface area contributed by atoms with Gasteiger partial charge in [0.05, 0.1) is 5.69 Å². The zero-order valence-electron chi connectivity index (χ0n) is 13.6. The molecule has 23 heavy (non-hydrogen) atoms. The average Bonchev–Trinajstić information content (AvgIpc) is 3.01. The molecule has 5 nitrogen and oxygen atoms in total. The summed E-state index contributed by atoms with van der Waals surface area (Å²) < 4.78 is 1.95. The van der Waals surface area contributed by atoms with Crippen molar-refractivity contribution >= 4 is 11.3 Å². The smallest absolute Gasteiger partial charge is 0.154 e. The molecule has 1 aliphatic heterocycles. The molecule has 0 unspecified atom stereocenters. The Morgan fingerprint density at radius 1 is 1.09 bits per heavy atom.